The molecule has 4 N–H and O–H groups in total. The van der Waals surface area contributed by atoms with E-state index in [4.69, 9.17) is 22.7 Å². The summed E-state index contributed by atoms with van der Waals surface area (Å²) in [5.41, 5.74) is 6.09. The normalized spacial score (nSPS) is 14.2. The fourth-order valence-electron chi connectivity index (χ4n) is 2.77. The molecule has 0 atom stereocenters. The summed E-state index contributed by atoms with van der Waals surface area (Å²) in [5, 5.41) is 5.62. The lowest BCUT2D eigenvalue weighted by Crippen LogP contribution is -2.51. The van der Waals surface area contributed by atoms with E-state index in [1.54, 1.807) is 0 Å². The van der Waals surface area contributed by atoms with Crippen LogP contribution < -0.4 is 21.3 Å². The van der Waals surface area contributed by atoms with Gasteiger partial charge in [0.1, 0.15) is 5.69 Å². The molecule has 2 rings (SSSR count). The molecule has 1 aromatic carbocycles. The summed E-state index contributed by atoms with van der Waals surface area (Å²) in [5.74, 6) is -3.28. The van der Waals surface area contributed by atoms with E-state index >= 15 is 0 Å². The van der Waals surface area contributed by atoms with Gasteiger partial charge in [-0.05, 0) is 24.4 Å². The largest absolute Gasteiger partial charge is 0.474 e. The Morgan fingerprint density at radius 3 is 2.30 bits per heavy atom. The average Bonchev–Trinajstić information content (AvgIpc) is 2.74. The quantitative estimate of drug-likeness (QED) is 0.341. The summed E-state index contributed by atoms with van der Waals surface area (Å²) in [6.07, 6.45) is 1.39. The van der Waals surface area contributed by atoms with Gasteiger partial charge >= 0.3 is 11.9 Å². The number of benzene rings is 1. The van der Waals surface area contributed by atoms with Crippen LogP contribution in [-0.4, -0.2) is 68.9 Å². The molecule has 1 amide bonds. The average molecular weight is 443 g/mol. The van der Waals surface area contributed by atoms with E-state index in [1.165, 1.54) is 23.1 Å². The van der Waals surface area contributed by atoms with Crippen molar-refractivity contribution in [1.82, 2.24) is 10.2 Å². The van der Waals surface area contributed by atoms with Crippen molar-refractivity contribution in [3.63, 3.8) is 0 Å². The molecule has 1 fully saturated rings. The first-order valence-corrected chi connectivity index (χ1v) is 9.31. The maximum Gasteiger partial charge on any atom is 0.396 e. The highest BCUT2D eigenvalue weighted by molar-refractivity contribution is 7.80. The molecule has 1 heterocycles. The third-order valence-electron chi connectivity index (χ3n) is 4.31. The summed E-state index contributed by atoms with van der Waals surface area (Å²) < 4.78 is 38.3. The van der Waals surface area contributed by atoms with E-state index in [1.807, 2.05) is 0 Å². The molecule has 1 aromatic rings. The van der Waals surface area contributed by atoms with Crippen LogP contribution in [0.3, 0.4) is 0 Å². The standard InChI is InChI=1S/C18H23F2N5O4S/c1-28-17(27)16(26)25-5-3-24(4-6-25)15-13(19)7-12(8-14(15)20)22-9-11(21)10-23-18(30)29-2/h7-9,22H,3-6,10,21H2,1-2H3,(H,23,30)/b11-9-. The second kappa shape index (κ2) is 10.6. The van der Waals surface area contributed by atoms with Crippen molar-refractivity contribution in [2.24, 2.45) is 5.73 Å². The van der Waals surface area contributed by atoms with E-state index in [2.05, 4.69) is 15.4 Å². The van der Waals surface area contributed by atoms with Gasteiger partial charge < -0.3 is 35.6 Å². The molecule has 0 spiro atoms. The first-order chi connectivity index (χ1) is 14.3. The molecule has 1 saturated heterocycles. The lowest BCUT2D eigenvalue weighted by Gasteiger charge is -2.35. The highest BCUT2D eigenvalue weighted by Gasteiger charge is 2.28. The molecule has 0 radical (unpaired) electrons. The zero-order valence-electron chi connectivity index (χ0n) is 16.5. The highest BCUT2D eigenvalue weighted by atomic mass is 32.1. The Labute approximate surface area is 177 Å². The van der Waals surface area contributed by atoms with Crippen LogP contribution in [0.4, 0.5) is 20.2 Å². The summed E-state index contributed by atoms with van der Waals surface area (Å²) in [6.45, 7) is 0.810. The van der Waals surface area contributed by atoms with Crippen molar-refractivity contribution in [2.45, 2.75) is 0 Å². The molecule has 164 valence electrons. The minimum atomic E-state index is -0.970. The Bertz CT molecular complexity index is 821. The van der Waals surface area contributed by atoms with Crippen molar-refractivity contribution in [3.8, 4) is 0 Å². The molecular formula is C18H23F2N5O4S. The summed E-state index contributed by atoms with van der Waals surface area (Å²) in [7, 11) is 2.53. The first-order valence-electron chi connectivity index (χ1n) is 8.91. The summed E-state index contributed by atoms with van der Waals surface area (Å²) in [6, 6.07) is 2.28. The number of methoxy groups -OCH3 is 2. The van der Waals surface area contributed by atoms with Crippen LogP contribution in [0.5, 0.6) is 0 Å². The predicted octanol–water partition coefficient (Wildman–Crippen LogP) is 0.519. The number of ether oxygens (including phenoxy) is 2. The Hall–Kier alpha value is -3.15. The smallest absolute Gasteiger partial charge is 0.396 e. The number of nitrogens with two attached hydrogens (primary N) is 1. The molecule has 1 aliphatic heterocycles. The number of nitrogens with zero attached hydrogens (tertiary/aromatic N) is 2. The minimum absolute atomic E-state index is 0.141. The lowest BCUT2D eigenvalue weighted by molar-refractivity contribution is -0.158. The lowest BCUT2D eigenvalue weighted by atomic mass is 10.2. The van der Waals surface area contributed by atoms with E-state index in [0.717, 1.165) is 19.2 Å². The Balaban J connectivity index is 2.01. The Morgan fingerprint density at radius 1 is 1.17 bits per heavy atom. The van der Waals surface area contributed by atoms with E-state index < -0.39 is 23.5 Å². The molecule has 1 aliphatic rings. The second-order valence-electron chi connectivity index (χ2n) is 6.27. The molecule has 0 saturated carbocycles. The van der Waals surface area contributed by atoms with Crippen LogP contribution in [0.1, 0.15) is 0 Å². The van der Waals surface area contributed by atoms with Crippen molar-refractivity contribution in [2.75, 3.05) is 57.2 Å². The van der Waals surface area contributed by atoms with Crippen molar-refractivity contribution >= 4 is 40.6 Å². The molecule has 12 heteroatoms. The van der Waals surface area contributed by atoms with Crippen molar-refractivity contribution in [3.05, 3.63) is 35.7 Å². The van der Waals surface area contributed by atoms with Crippen molar-refractivity contribution < 1.29 is 27.8 Å². The number of piperazine rings is 1. The predicted molar refractivity (Wildman–Crippen MR) is 111 cm³/mol. The number of amides is 1. The maximum absolute atomic E-state index is 14.6. The van der Waals surface area contributed by atoms with Gasteiger partial charge in [0.05, 0.1) is 20.8 Å². The third-order valence-corrected chi connectivity index (χ3v) is 4.62. The first kappa shape index (κ1) is 23.1. The molecule has 0 bridgehead atoms. The number of thiocarbonyl (C=S) groups is 1. The minimum Gasteiger partial charge on any atom is -0.474 e. The van der Waals surface area contributed by atoms with Crippen LogP contribution in [-0.2, 0) is 19.1 Å². The number of rotatable bonds is 5. The van der Waals surface area contributed by atoms with E-state index in [0.29, 0.717) is 5.70 Å². The zero-order valence-corrected chi connectivity index (χ0v) is 17.4. The van der Waals surface area contributed by atoms with Gasteiger partial charge in [0.2, 0.25) is 0 Å². The molecule has 0 aromatic heterocycles. The number of carbonyl (C=O) groups excluding carboxylic acids is 2. The second-order valence-corrected chi connectivity index (χ2v) is 6.64. The van der Waals surface area contributed by atoms with Crippen molar-refractivity contribution in [1.29, 1.82) is 0 Å². The molecule has 30 heavy (non-hydrogen) atoms. The Morgan fingerprint density at radius 2 is 1.77 bits per heavy atom. The SMILES string of the molecule is COC(=O)C(=O)N1CCN(c2c(F)cc(N/C=C(\N)CNC(=S)OC)cc2F)CC1. The molecule has 0 aliphatic carbocycles. The van der Waals surface area contributed by atoms with Gasteiger partial charge in [-0.2, -0.15) is 0 Å². The van der Waals surface area contributed by atoms with Gasteiger partial charge in [-0.25, -0.2) is 13.6 Å². The zero-order chi connectivity index (χ0) is 22.3. The molecule has 0 unspecified atom stereocenters. The van der Waals surface area contributed by atoms with Crippen LogP contribution in [0, 0.1) is 11.6 Å². The van der Waals surface area contributed by atoms with Crippen LogP contribution >= 0.6 is 12.2 Å². The van der Waals surface area contributed by atoms with Gasteiger partial charge in [0.15, 0.2) is 11.6 Å². The number of anilines is 2. The van der Waals surface area contributed by atoms with Crippen LogP contribution in [0.15, 0.2) is 24.0 Å². The van der Waals surface area contributed by atoms with Crippen LogP contribution in [0.25, 0.3) is 0 Å². The maximum atomic E-state index is 14.6. The topological polar surface area (TPSA) is 109 Å². The van der Waals surface area contributed by atoms with Crippen LogP contribution in [0.2, 0.25) is 0 Å². The highest BCUT2D eigenvalue weighted by Crippen LogP contribution is 2.28. The van der Waals surface area contributed by atoms with E-state index in [-0.39, 0.29) is 49.3 Å². The number of hydrogen-bond donors (Lipinski definition) is 3. The summed E-state index contributed by atoms with van der Waals surface area (Å²) in [4.78, 5) is 25.9. The van der Waals surface area contributed by atoms with Gasteiger partial charge in [-0.3, -0.25) is 4.79 Å². The molecular weight excluding hydrogens is 420 g/mol. The number of halogens is 2. The number of nitrogens with one attached hydrogen (secondary N) is 2. The van der Waals surface area contributed by atoms with Gasteiger partial charge in [-0.1, -0.05) is 0 Å². The number of esters is 1. The Kier molecular flexibility index (Phi) is 8.16. The third kappa shape index (κ3) is 5.92. The monoisotopic (exact) mass is 443 g/mol. The van der Waals surface area contributed by atoms with Gasteiger partial charge in [0.25, 0.3) is 5.17 Å². The van der Waals surface area contributed by atoms with Gasteiger partial charge in [-0.15, -0.1) is 0 Å². The fraction of sp³-hybridized carbons (Fsp3) is 0.389. The van der Waals surface area contributed by atoms with Gasteiger partial charge in [0, 0.05) is 43.8 Å². The fourth-order valence-corrected chi connectivity index (χ4v) is 2.85. The summed E-state index contributed by atoms with van der Waals surface area (Å²) >= 11 is 4.82. The van der Waals surface area contributed by atoms with E-state index in [9.17, 15) is 18.4 Å². The number of carbonyl (C=O) groups is 2. The molecule has 9 nitrogen and oxygen atoms in total. The number of hydrogen-bond acceptors (Lipinski definition) is 8.